The maximum Gasteiger partial charge on any atom is 0.310 e. The Hall–Kier alpha value is -2.09. The van der Waals surface area contributed by atoms with Crippen molar-refractivity contribution in [3.05, 3.63) is 29.1 Å². The Kier molecular flexibility index (Phi) is 4.46. The fourth-order valence-electron chi connectivity index (χ4n) is 1.39. The Morgan fingerprint density at radius 3 is 2.76 bits per heavy atom. The van der Waals surface area contributed by atoms with Gasteiger partial charge in [0, 0.05) is 6.07 Å². The molecule has 0 fully saturated rings. The van der Waals surface area contributed by atoms with Crippen molar-refractivity contribution < 1.29 is 18.7 Å². The van der Waals surface area contributed by atoms with Crippen LogP contribution in [0.1, 0.15) is 18.1 Å². The van der Waals surface area contributed by atoms with Gasteiger partial charge in [0.2, 0.25) is 0 Å². The third-order valence-electron chi connectivity index (χ3n) is 2.13. The summed E-state index contributed by atoms with van der Waals surface area (Å²) < 4.78 is 23.1. The molecule has 0 aliphatic rings. The number of hydrogen-bond donors (Lipinski definition) is 0. The Labute approximate surface area is 98.6 Å². The summed E-state index contributed by atoms with van der Waals surface area (Å²) in [5.74, 6) is -0.941. The van der Waals surface area contributed by atoms with Crippen LogP contribution in [-0.4, -0.2) is 19.7 Å². The molecule has 5 heteroatoms. The van der Waals surface area contributed by atoms with Crippen LogP contribution in [0.5, 0.6) is 5.75 Å². The molecule has 0 unspecified atom stereocenters. The minimum Gasteiger partial charge on any atom is -0.497 e. The first-order valence-corrected chi connectivity index (χ1v) is 5.04. The van der Waals surface area contributed by atoms with Crippen molar-refractivity contribution in [3.8, 4) is 11.8 Å². The summed E-state index contributed by atoms with van der Waals surface area (Å²) >= 11 is 0. The molecule has 0 aliphatic heterocycles. The largest absolute Gasteiger partial charge is 0.497 e. The molecule has 1 rings (SSSR count). The lowest BCUT2D eigenvalue weighted by atomic mass is 10.0. The van der Waals surface area contributed by atoms with Crippen molar-refractivity contribution in [1.82, 2.24) is 0 Å². The van der Waals surface area contributed by atoms with Gasteiger partial charge in [-0.25, -0.2) is 4.39 Å². The summed E-state index contributed by atoms with van der Waals surface area (Å²) in [7, 11) is 1.38. The van der Waals surface area contributed by atoms with Gasteiger partial charge in [-0.15, -0.1) is 0 Å². The highest BCUT2D eigenvalue weighted by atomic mass is 19.1. The van der Waals surface area contributed by atoms with E-state index in [1.165, 1.54) is 13.2 Å². The third kappa shape index (κ3) is 3.18. The number of hydrogen-bond acceptors (Lipinski definition) is 4. The second-order valence-electron chi connectivity index (χ2n) is 3.24. The number of halogens is 1. The first-order chi connectivity index (χ1) is 8.12. The van der Waals surface area contributed by atoms with Crippen molar-refractivity contribution in [2.45, 2.75) is 13.3 Å². The van der Waals surface area contributed by atoms with Gasteiger partial charge in [0.1, 0.15) is 17.6 Å². The van der Waals surface area contributed by atoms with E-state index in [0.717, 1.165) is 6.07 Å². The van der Waals surface area contributed by atoms with E-state index >= 15 is 0 Å². The molecule has 0 N–H and O–H groups in total. The summed E-state index contributed by atoms with van der Waals surface area (Å²) in [5.41, 5.74) is 0.113. The minimum absolute atomic E-state index is 0.148. The number of benzene rings is 1. The Balaban J connectivity index is 3.08. The van der Waals surface area contributed by atoms with Crippen molar-refractivity contribution in [3.63, 3.8) is 0 Å². The van der Waals surface area contributed by atoms with Gasteiger partial charge in [-0.2, -0.15) is 5.26 Å². The molecule has 0 aromatic heterocycles. The van der Waals surface area contributed by atoms with Crippen LogP contribution in [0.3, 0.4) is 0 Å². The maximum atomic E-state index is 13.5. The summed E-state index contributed by atoms with van der Waals surface area (Å²) in [4.78, 5) is 11.3. The Bertz CT molecular complexity index is 466. The summed E-state index contributed by atoms with van der Waals surface area (Å²) in [5, 5.41) is 8.82. The molecule has 1 aromatic carbocycles. The number of esters is 1. The molecule has 0 radical (unpaired) electrons. The van der Waals surface area contributed by atoms with E-state index in [2.05, 4.69) is 0 Å². The predicted molar refractivity (Wildman–Crippen MR) is 58.0 cm³/mol. The van der Waals surface area contributed by atoms with Gasteiger partial charge in [0.25, 0.3) is 0 Å². The van der Waals surface area contributed by atoms with E-state index in [9.17, 15) is 9.18 Å². The summed E-state index contributed by atoms with van der Waals surface area (Å²) in [6, 6.07) is 4.29. The molecule has 90 valence electrons. The van der Waals surface area contributed by atoms with Gasteiger partial charge in [-0.3, -0.25) is 4.79 Å². The minimum atomic E-state index is -0.703. The van der Waals surface area contributed by atoms with E-state index in [4.69, 9.17) is 14.7 Å². The molecule has 17 heavy (non-hydrogen) atoms. The summed E-state index contributed by atoms with van der Waals surface area (Å²) in [6.45, 7) is 1.92. The Morgan fingerprint density at radius 2 is 2.24 bits per heavy atom. The SMILES string of the molecule is CCOC(=O)Cc1cc(OC)cc(F)c1C#N. The summed E-state index contributed by atoms with van der Waals surface area (Å²) in [6.07, 6.45) is -0.148. The first kappa shape index (κ1) is 13.0. The number of carbonyl (C=O) groups excluding carboxylic acids is 1. The zero-order valence-corrected chi connectivity index (χ0v) is 9.62. The van der Waals surface area contributed by atoms with Crippen LogP contribution < -0.4 is 4.74 Å². The zero-order valence-electron chi connectivity index (χ0n) is 9.62. The van der Waals surface area contributed by atoms with Gasteiger partial charge in [0.05, 0.1) is 25.7 Å². The third-order valence-corrected chi connectivity index (χ3v) is 2.13. The predicted octanol–water partition coefficient (Wildman–Crippen LogP) is 1.81. The second-order valence-corrected chi connectivity index (χ2v) is 3.24. The number of rotatable bonds is 4. The van der Waals surface area contributed by atoms with Crippen molar-refractivity contribution in [2.75, 3.05) is 13.7 Å². The molecule has 0 bridgehead atoms. The van der Waals surface area contributed by atoms with Crippen molar-refractivity contribution in [2.24, 2.45) is 0 Å². The lowest BCUT2D eigenvalue weighted by Crippen LogP contribution is -2.09. The van der Waals surface area contributed by atoms with E-state index in [-0.39, 0.29) is 29.9 Å². The molecule has 0 saturated carbocycles. The van der Waals surface area contributed by atoms with Gasteiger partial charge in [-0.1, -0.05) is 0 Å². The lowest BCUT2D eigenvalue weighted by Gasteiger charge is -2.07. The molecular weight excluding hydrogens is 225 g/mol. The molecule has 0 aliphatic carbocycles. The molecule has 0 amide bonds. The normalized spacial score (nSPS) is 9.53. The van der Waals surface area contributed by atoms with Gasteiger partial charge in [0.15, 0.2) is 0 Å². The van der Waals surface area contributed by atoms with Crippen LogP contribution in [0.4, 0.5) is 4.39 Å². The molecule has 0 saturated heterocycles. The standard InChI is InChI=1S/C12H12FNO3/c1-3-17-12(15)5-8-4-9(16-2)6-11(13)10(8)7-14/h4,6H,3,5H2,1-2H3. The topological polar surface area (TPSA) is 59.3 Å². The maximum absolute atomic E-state index is 13.5. The van der Waals surface area contributed by atoms with Gasteiger partial charge < -0.3 is 9.47 Å². The van der Waals surface area contributed by atoms with Crippen molar-refractivity contribution in [1.29, 1.82) is 5.26 Å². The average Bonchev–Trinajstić information content (AvgIpc) is 2.28. The number of carbonyl (C=O) groups is 1. The molecule has 0 heterocycles. The van der Waals surface area contributed by atoms with Gasteiger partial charge in [-0.05, 0) is 18.6 Å². The van der Waals surface area contributed by atoms with E-state index in [1.54, 1.807) is 13.0 Å². The fraction of sp³-hybridized carbons (Fsp3) is 0.333. The zero-order chi connectivity index (χ0) is 12.8. The van der Waals surface area contributed by atoms with E-state index in [1.807, 2.05) is 0 Å². The average molecular weight is 237 g/mol. The quantitative estimate of drug-likeness (QED) is 0.749. The monoisotopic (exact) mass is 237 g/mol. The number of methoxy groups -OCH3 is 1. The van der Waals surface area contributed by atoms with Crippen molar-refractivity contribution >= 4 is 5.97 Å². The first-order valence-electron chi connectivity index (χ1n) is 5.04. The number of nitrogens with zero attached hydrogens (tertiary/aromatic N) is 1. The molecule has 4 nitrogen and oxygen atoms in total. The smallest absolute Gasteiger partial charge is 0.310 e. The molecule has 0 atom stereocenters. The van der Waals surface area contributed by atoms with Crippen LogP contribution in [0.25, 0.3) is 0 Å². The Morgan fingerprint density at radius 1 is 1.53 bits per heavy atom. The number of nitriles is 1. The second kappa shape index (κ2) is 5.85. The van der Waals surface area contributed by atoms with E-state index in [0.29, 0.717) is 0 Å². The van der Waals surface area contributed by atoms with Crippen LogP contribution >= 0.6 is 0 Å². The van der Waals surface area contributed by atoms with Crippen LogP contribution in [0.15, 0.2) is 12.1 Å². The highest BCUT2D eigenvalue weighted by Crippen LogP contribution is 2.21. The molecular formula is C12H12FNO3. The van der Waals surface area contributed by atoms with Crippen LogP contribution in [0.2, 0.25) is 0 Å². The fourth-order valence-corrected chi connectivity index (χ4v) is 1.39. The lowest BCUT2D eigenvalue weighted by molar-refractivity contribution is -0.142. The van der Waals surface area contributed by atoms with E-state index < -0.39 is 11.8 Å². The van der Waals surface area contributed by atoms with Gasteiger partial charge >= 0.3 is 5.97 Å². The highest BCUT2D eigenvalue weighted by Gasteiger charge is 2.14. The highest BCUT2D eigenvalue weighted by molar-refractivity contribution is 5.73. The number of ether oxygens (including phenoxy) is 2. The van der Waals surface area contributed by atoms with Crippen LogP contribution in [-0.2, 0) is 16.0 Å². The molecule has 0 spiro atoms. The van der Waals surface area contributed by atoms with Crippen LogP contribution in [0, 0.1) is 17.1 Å². The molecule has 1 aromatic rings.